The minimum Gasteiger partial charge on any atom is -0.481 e. The second-order valence-corrected chi connectivity index (χ2v) is 5.22. The Hall–Kier alpha value is -1.33. The topological polar surface area (TPSA) is 66.8 Å². The molecule has 1 rings (SSSR count). The van der Waals surface area contributed by atoms with Crippen molar-refractivity contribution in [3.05, 3.63) is 0 Å². The standard InChI is InChI=1S/C11H18FNO4/c1-11(2,3)17-10(16)13-6-7(12)4-8(13)5-9(14)15/h7-8H,4-6H2,1-3H3,(H,14,15)/t7-,8+/m1/s1. The quantitative estimate of drug-likeness (QED) is 0.808. The van der Waals surface area contributed by atoms with Crippen molar-refractivity contribution >= 4 is 12.1 Å². The van der Waals surface area contributed by atoms with Gasteiger partial charge >= 0.3 is 12.1 Å². The van der Waals surface area contributed by atoms with Crippen molar-refractivity contribution in [2.75, 3.05) is 6.54 Å². The molecule has 0 aromatic carbocycles. The fourth-order valence-corrected chi connectivity index (χ4v) is 1.80. The summed E-state index contributed by atoms with van der Waals surface area (Å²) in [6.07, 6.45) is -2.01. The predicted octanol–water partition coefficient (Wildman–Crippen LogP) is 1.81. The third kappa shape index (κ3) is 4.20. The maximum Gasteiger partial charge on any atom is 0.410 e. The molecule has 17 heavy (non-hydrogen) atoms. The van der Waals surface area contributed by atoms with E-state index in [4.69, 9.17) is 9.84 Å². The summed E-state index contributed by atoms with van der Waals surface area (Å²) in [6.45, 7) is 5.03. The fraction of sp³-hybridized carbons (Fsp3) is 0.818. The van der Waals surface area contributed by atoms with Crippen LogP contribution in [0, 0.1) is 0 Å². The Kier molecular flexibility index (Phi) is 3.95. The lowest BCUT2D eigenvalue weighted by atomic mass is 10.1. The lowest BCUT2D eigenvalue weighted by molar-refractivity contribution is -0.138. The number of alkyl halides is 1. The summed E-state index contributed by atoms with van der Waals surface area (Å²) < 4.78 is 18.3. The number of hydrogen-bond acceptors (Lipinski definition) is 3. The van der Waals surface area contributed by atoms with E-state index in [0.29, 0.717) is 0 Å². The van der Waals surface area contributed by atoms with E-state index in [1.165, 1.54) is 4.90 Å². The summed E-state index contributed by atoms with van der Waals surface area (Å²) in [5.41, 5.74) is -0.667. The van der Waals surface area contributed by atoms with E-state index in [1.54, 1.807) is 20.8 Å². The van der Waals surface area contributed by atoms with Gasteiger partial charge in [0.1, 0.15) is 11.8 Å². The molecule has 2 atom stereocenters. The van der Waals surface area contributed by atoms with Crippen LogP contribution in [0.3, 0.4) is 0 Å². The summed E-state index contributed by atoms with van der Waals surface area (Å²) >= 11 is 0. The summed E-state index contributed by atoms with van der Waals surface area (Å²) in [5, 5.41) is 8.69. The Balaban J connectivity index is 2.66. The zero-order chi connectivity index (χ0) is 13.2. The molecule has 0 spiro atoms. The van der Waals surface area contributed by atoms with Gasteiger partial charge in [0.25, 0.3) is 0 Å². The highest BCUT2D eigenvalue weighted by atomic mass is 19.1. The first-order chi connectivity index (χ1) is 7.69. The van der Waals surface area contributed by atoms with Crippen LogP contribution in [0.1, 0.15) is 33.6 Å². The number of amides is 1. The number of aliphatic carboxylic acids is 1. The zero-order valence-electron chi connectivity index (χ0n) is 10.3. The molecular formula is C11H18FNO4. The first-order valence-corrected chi connectivity index (χ1v) is 5.54. The van der Waals surface area contributed by atoms with Crippen molar-refractivity contribution in [3.63, 3.8) is 0 Å². The van der Waals surface area contributed by atoms with Gasteiger partial charge in [0, 0.05) is 12.5 Å². The SMILES string of the molecule is CC(C)(C)OC(=O)N1C[C@H](F)C[C@H]1CC(=O)O. The first-order valence-electron chi connectivity index (χ1n) is 5.54. The van der Waals surface area contributed by atoms with E-state index < -0.39 is 29.9 Å². The van der Waals surface area contributed by atoms with E-state index in [0.717, 1.165) is 0 Å². The maximum atomic E-state index is 13.2. The number of nitrogens with zero attached hydrogens (tertiary/aromatic N) is 1. The number of likely N-dealkylation sites (tertiary alicyclic amines) is 1. The molecule has 1 fully saturated rings. The highest BCUT2D eigenvalue weighted by Crippen LogP contribution is 2.25. The first kappa shape index (κ1) is 13.7. The van der Waals surface area contributed by atoms with Gasteiger partial charge in [0.15, 0.2) is 0 Å². The number of ether oxygens (including phenoxy) is 1. The van der Waals surface area contributed by atoms with Crippen molar-refractivity contribution < 1.29 is 23.8 Å². The van der Waals surface area contributed by atoms with Gasteiger partial charge in [-0.15, -0.1) is 0 Å². The highest BCUT2D eigenvalue weighted by molar-refractivity contribution is 5.72. The molecule has 0 radical (unpaired) electrons. The van der Waals surface area contributed by atoms with Crippen LogP contribution in [-0.2, 0) is 9.53 Å². The Labute approximate surface area is 99.5 Å². The molecule has 0 aromatic heterocycles. The number of hydrogen-bond donors (Lipinski definition) is 1. The normalized spacial score (nSPS) is 24.8. The Morgan fingerprint density at radius 2 is 2.06 bits per heavy atom. The van der Waals surface area contributed by atoms with Gasteiger partial charge in [-0.25, -0.2) is 9.18 Å². The van der Waals surface area contributed by atoms with Gasteiger partial charge in [-0.1, -0.05) is 0 Å². The summed E-state index contributed by atoms with van der Waals surface area (Å²) in [6, 6.07) is -0.614. The second-order valence-electron chi connectivity index (χ2n) is 5.22. The van der Waals surface area contributed by atoms with E-state index in [2.05, 4.69) is 0 Å². The minimum absolute atomic E-state index is 0.0611. The Morgan fingerprint density at radius 1 is 1.47 bits per heavy atom. The van der Waals surface area contributed by atoms with Crippen LogP contribution in [-0.4, -0.2) is 46.4 Å². The monoisotopic (exact) mass is 247 g/mol. The molecule has 5 nitrogen and oxygen atoms in total. The van der Waals surface area contributed by atoms with Crippen LogP contribution < -0.4 is 0 Å². The molecule has 0 aliphatic carbocycles. The average molecular weight is 247 g/mol. The molecule has 1 N–H and O–H groups in total. The number of halogens is 1. The average Bonchev–Trinajstić information content (AvgIpc) is 2.42. The van der Waals surface area contributed by atoms with E-state index >= 15 is 0 Å². The van der Waals surface area contributed by atoms with Crippen LogP contribution in [0.4, 0.5) is 9.18 Å². The number of carboxylic acids is 1. The summed E-state index contributed by atoms with van der Waals surface area (Å²) in [5.74, 6) is -1.04. The lowest BCUT2D eigenvalue weighted by Gasteiger charge is -2.27. The van der Waals surface area contributed by atoms with E-state index in [-0.39, 0.29) is 19.4 Å². The van der Waals surface area contributed by atoms with Crippen molar-refractivity contribution in [2.24, 2.45) is 0 Å². The number of carbonyl (C=O) groups is 2. The van der Waals surface area contributed by atoms with Crippen LogP contribution in [0.25, 0.3) is 0 Å². The van der Waals surface area contributed by atoms with Crippen molar-refractivity contribution in [3.8, 4) is 0 Å². The smallest absolute Gasteiger partial charge is 0.410 e. The van der Waals surface area contributed by atoms with E-state index in [9.17, 15) is 14.0 Å². The Morgan fingerprint density at radius 3 is 2.53 bits per heavy atom. The fourth-order valence-electron chi connectivity index (χ4n) is 1.80. The number of rotatable bonds is 2. The largest absolute Gasteiger partial charge is 0.481 e. The molecule has 0 aromatic rings. The highest BCUT2D eigenvalue weighted by Gasteiger charge is 2.38. The van der Waals surface area contributed by atoms with Gasteiger partial charge in [-0.3, -0.25) is 4.79 Å². The molecule has 0 saturated carbocycles. The van der Waals surface area contributed by atoms with Crippen LogP contribution >= 0.6 is 0 Å². The molecule has 1 aliphatic heterocycles. The van der Waals surface area contributed by atoms with Crippen molar-refractivity contribution in [2.45, 2.75) is 51.4 Å². The third-order valence-electron chi connectivity index (χ3n) is 2.40. The molecule has 0 unspecified atom stereocenters. The Bertz CT molecular complexity index is 313. The van der Waals surface area contributed by atoms with Gasteiger partial charge < -0.3 is 14.7 Å². The van der Waals surface area contributed by atoms with Crippen LogP contribution in [0.15, 0.2) is 0 Å². The number of carbonyl (C=O) groups excluding carboxylic acids is 1. The van der Waals surface area contributed by atoms with Gasteiger partial charge in [-0.05, 0) is 20.8 Å². The minimum atomic E-state index is -1.17. The van der Waals surface area contributed by atoms with Gasteiger partial charge in [0.2, 0.25) is 0 Å². The maximum absolute atomic E-state index is 13.2. The van der Waals surface area contributed by atoms with Crippen LogP contribution in [0.5, 0.6) is 0 Å². The lowest BCUT2D eigenvalue weighted by Crippen LogP contribution is -2.40. The van der Waals surface area contributed by atoms with Gasteiger partial charge in [-0.2, -0.15) is 0 Å². The molecule has 1 aliphatic rings. The van der Waals surface area contributed by atoms with Crippen molar-refractivity contribution in [1.82, 2.24) is 4.90 Å². The summed E-state index contributed by atoms with van der Waals surface area (Å²) in [4.78, 5) is 23.5. The molecule has 98 valence electrons. The van der Waals surface area contributed by atoms with E-state index in [1.807, 2.05) is 0 Å². The molecule has 0 bridgehead atoms. The number of carboxylic acid groups (broad SMARTS) is 1. The second kappa shape index (κ2) is 4.89. The predicted molar refractivity (Wildman–Crippen MR) is 58.5 cm³/mol. The van der Waals surface area contributed by atoms with Gasteiger partial charge in [0.05, 0.1) is 13.0 Å². The van der Waals surface area contributed by atoms with Crippen molar-refractivity contribution in [1.29, 1.82) is 0 Å². The molecule has 1 heterocycles. The zero-order valence-corrected chi connectivity index (χ0v) is 10.3. The molecule has 1 saturated heterocycles. The summed E-state index contributed by atoms with van der Waals surface area (Å²) in [7, 11) is 0. The molecule has 6 heteroatoms. The molecule has 1 amide bonds. The molecular weight excluding hydrogens is 229 g/mol. The third-order valence-corrected chi connectivity index (χ3v) is 2.40. The van der Waals surface area contributed by atoms with Crippen LogP contribution in [0.2, 0.25) is 0 Å².